The maximum absolute atomic E-state index is 13.0. The van der Waals surface area contributed by atoms with E-state index < -0.39 is 16.0 Å². The number of nitrogens with zero attached hydrogens (tertiary/aromatic N) is 2. The summed E-state index contributed by atoms with van der Waals surface area (Å²) in [5.74, 6) is -0.313. The van der Waals surface area contributed by atoms with Gasteiger partial charge in [-0.05, 0) is 122 Å². The smallest absolute Gasteiger partial charge is 0.303 e. The molecule has 10 heteroatoms. The van der Waals surface area contributed by atoms with Gasteiger partial charge >= 0.3 is 5.97 Å². The Hall–Kier alpha value is -2.82. The number of carboxylic acid groups (broad SMARTS) is 1. The van der Waals surface area contributed by atoms with Gasteiger partial charge in [0.1, 0.15) is 0 Å². The van der Waals surface area contributed by atoms with Crippen LogP contribution in [-0.4, -0.2) is 54.4 Å². The highest BCUT2D eigenvalue weighted by molar-refractivity contribution is 7.89. The number of aliphatic carboxylic acids is 1. The number of nitrogens with one attached hydrogen (secondary N) is 1. The molecule has 0 bridgehead atoms. The molecule has 1 aliphatic heterocycles. The Kier molecular flexibility index (Phi) is 9.16. The topological polar surface area (TPSA) is 99.6 Å². The van der Waals surface area contributed by atoms with Gasteiger partial charge in [0.25, 0.3) is 0 Å². The first-order valence-corrected chi connectivity index (χ1v) is 17.6. The van der Waals surface area contributed by atoms with Crippen LogP contribution in [0.4, 0.5) is 0 Å². The molecule has 43 heavy (non-hydrogen) atoms. The predicted molar refractivity (Wildman–Crippen MR) is 172 cm³/mol. The molecule has 2 heterocycles. The average Bonchev–Trinajstić information content (AvgIpc) is 3.43. The Morgan fingerprint density at radius 2 is 1.81 bits per heavy atom. The third-order valence-electron chi connectivity index (χ3n) is 8.85. The van der Waals surface area contributed by atoms with E-state index in [4.69, 9.17) is 16.0 Å². The number of rotatable bonds is 10. The van der Waals surface area contributed by atoms with Crippen LogP contribution in [-0.2, 0) is 40.5 Å². The van der Waals surface area contributed by atoms with Gasteiger partial charge in [-0.1, -0.05) is 41.9 Å². The first kappa shape index (κ1) is 30.2. The Morgan fingerprint density at radius 3 is 2.58 bits per heavy atom. The number of aryl methyl sites for hydroxylation is 1. The van der Waals surface area contributed by atoms with E-state index in [0.29, 0.717) is 30.2 Å². The Labute approximate surface area is 262 Å². The van der Waals surface area contributed by atoms with E-state index in [2.05, 4.69) is 46.0 Å². The van der Waals surface area contributed by atoms with E-state index in [0.717, 1.165) is 56.4 Å². The predicted octanol–water partition coefficient (Wildman–Crippen LogP) is 6.22. The molecular formula is C33H36ClN3O4S2. The van der Waals surface area contributed by atoms with Gasteiger partial charge < -0.3 is 10.0 Å². The number of carbonyl (C=O) groups is 1. The third-order valence-corrected chi connectivity index (χ3v) is 11.5. The zero-order valence-corrected chi connectivity index (χ0v) is 26.4. The summed E-state index contributed by atoms with van der Waals surface area (Å²) in [7, 11) is -3.68. The maximum atomic E-state index is 13.0. The summed E-state index contributed by atoms with van der Waals surface area (Å²) in [6.07, 6.45) is 5.61. The number of likely N-dealkylation sites (tertiary alicyclic amines) is 1. The van der Waals surface area contributed by atoms with Crippen molar-refractivity contribution in [1.82, 2.24) is 14.0 Å². The number of benzene rings is 3. The van der Waals surface area contributed by atoms with Crippen molar-refractivity contribution in [3.63, 3.8) is 0 Å². The highest BCUT2D eigenvalue weighted by atomic mass is 35.5. The Morgan fingerprint density at radius 1 is 1.05 bits per heavy atom. The van der Waals surface area contributed by atoms with Crippen molar-refractivity contribution in [2.45, 2.75) is 68.2 Å². The summed E-state index contributed by atoms with van der Waals surface area (Å²) in [5, 5.41) is 11.2. The molecule has 1 aromatic heterocycles. The Bertz CT molecular complexity index is 1710. The molecule has 1 aliphatic carbocycles. The zero-order valence-electron chi connectivity index (χ0n) is 24.0. The molecule has 0 spiro atoms. The largest absolute Gasteiger partial charge is 0.481 e. The number of aromatic nitrogens is 1. The van der Waals surface area contributed by atoms with Crippen LogP contribution in [0.15, 0.2) is 65.6 Å². The molecule has 7 nitrogen and oxygen atoms in total. The van der Waals surface area contributed by atoms with Crippen molar-refractivity contribution >= 4 is 49.2 Å². The normalized spacial score (nSPS) is 18.1. The van der Waals surface area contributed by atoms with Gasteiger partial charge in [0.2, 0.25) is 10.0 Å². The second-order valence-corrected chi connectivity index (χ2v) is 14.7. The Balaban J connectivity index is 1.12. The minimum Gasteiger partial charge on any atom is -0.481 e. The first-order chi connectivity index (χ1) is 20.7. The van der Waals surface area contributed by atoms with Crippen molar-refractivity contribution < 1.29 is 18.3 Å². The lowest BCUT2D eigenvalue weighted by Gasteiger charge is -2.32. The van der Waals surface area contributed by atoms with E-state index in [1.807, 2.05) is 0 Å². The molecule has 4 aromatic rings. The van der Waals surface area contributed by atoms with Gasteiger partial charge in [-0.3, -0.25) is 4.79 Å². The van der Waals surface area contributed by atoms with Crippen LogP contribution >= 0.6 is 23.1 Å². The van der Waals surface area contributed by atoms with Crippen LogP contribution in [0.1, 0.15) is 59.5 Å². The standard InChI is InChI=1S/C33H36ClN3O4S2/c34-26-6-9-28(10-7-26)43(40,41)36-27-8-11-29-24(5-12-32(38)39)19-22(20-25(29)21-27)13-16-37-17-14-23(15-18-37)33-30-3-1-2-4-31(30)42-35-33/h1-4,6-7,9-10,19-20,23,27,36H,5,8,11-18,21H2,(H,38,39). The van der Waals surface area contributed by atoms with Gasteiger partial charge in [-0.15, -0.1) is 0 Å². The fraction of sp³-hybridized carbons (Fsp3) is 0.394. The quantitative estimate of drug-likeness (QED) is 0.214. The molecule has 1 atom stereocenters. The van der Waals surface area contributed by atoms with E-state index in [-0.39, 0.29) is 17.4 Å². The summed E-state index contributed by atoms with van der Waals surface area (Å²) in [4.78, 5) is 14.1. The summed E-state index contributed by atoms with van der Waals surface area (Å²) in [6, 6.07) is 18.9. The number of carboxylic acids is 1. The van der Waals surface area contributed by atoms with Crippen molar-refractivity contribution in [2.24, 2.45) is 0 Å². The molecule has 3 aromatic carbocycles. The highest BCUT2D eigenvalue weighted by Gasteiger charge is 2.27. The molecule has 0 radical (unpaired) electrons. The SMILES string of the molecule is O=C(O)CCc1cc(CCN2CCC(c3nsc4ccccc34)CC2)cc2c1CCC(NS(=O)(=O)c1ccc(Cl)cc1)C2. The van der Waals surface area contributed by atoms with E-state index in [1.54, 1.807) is 23.7 Å². The first-order valence-electron chi connectivity index (χ1n) is 14.9. The van der Waals surface area contributed by atoms with Crippen molar-refractivity contribution in [1.29, 1.82) is 0 Å². The fourth-order valence-electron chi connectivity index (χ4n) is 6.59. The number of sulfonamides is 1. The number of fused-ring (bicyclic) bond motifs is 2. The second kappa shape index (κ2) is 13.0. The highest BCUT2D eigenvalue weighted by Crippen LogP contribution is 2.34. The molecule has 226 valence electrons. The number of hydrogen-bond acceptors (Lipinski definition) is 6. The van der Waals surface area contributed by atoms with Gasteiger partial charge in [-0.2, -0.15) is 4.37 Å². The average molecular weight is 638 g/mol. The van der Waals surface area contributed by atoms with Gasteiger partial charge in [0.05, 0.1) is 15.3 Å². The van der Waals surface area contributed by atoms with Crippen LogP contribution in [0, 0.1) is 0 Å². The second-order valence-electron chi connectivity index (χ2n) is 11.7. The summed E-state index contributed by atoms with van der Waals surface area (Å²) >= 11 is 7.54. The van der Waals surface area contributed by atoms with Crippen LogP contribution < -0.4 is 4.72 Å². The monoisotopic (exact) mass is 637 g/mol. The van der Waals surface area contributed by atoms with Crippen LogP contribution in [0.2, 0.25) is 5.02 Å². The molecular weight excluding hydrogens is 602 g/mol. The van der Waals surface area contributed by atoms with Gasteiger partial charge in [0.15, 0.2) is 0 Å². The molecule has 1 fully saturated rings. The minimum absolute atomic E-state index is 0.0847. The van der Waals surface area contributed by atoms with Gasteiger partial charge in [-0.25, -0.2) is 13.1 Å². The number of hydrogen-bond donors (Lipinski definition) is 2. The molecule has 2 N–H and O–H groups in total. The molecule has 2 aliphatic rings. The van der Waals surface area contributed by atoms with Crippen molar-refractivity contribution in [3.05, 3.63) is 93.6 Å². The number of halogens is 1. The summed E-state index contributed by atoms with van der Waals surface area (Å²) < 4.78 is 35.0. The van der Waals surface area contributed by atoms with E-state index in [1.165, 1.54) is 39.0 Å². The lowest BCUT2D eigenvalue weighted by Crippen LogP contribution is -2.39. The molecule has 1 saturated heterocycles. The maximum Gasteiger partial charge on any atom is 0.303 e. The van der Waals surface area contributed by atoms with Crippen LogP contribution in [0.5, 0.6) is 0 Å². The van der Waals surface area contributed by atoms with Crippen LogP contribution in [0.25, 0.3) is 10.1 Å². The fourth-order valence-corrected chi connectivity index (χ4v) is 8.84. The lowest BCUT2D eigenvalue weighted by molar-refractivity contribution is -0.136. The van der Waals surface area contributed by atoms with E-state index >= 15 is 0 Å². The van der Waals surface area contributed by atoms with Gasteiger partial charge in [0, 0.05) is 35.3 Å². The molecule has 0 amide bonds. The lowest BCUT2D eigenvalue weighted by atomic mass is 9.83. The zero-order chi connectivity index (χ0) is 30.0. The molecule has 1 unspecified atom stereocenters. The molecule has 0 saturated carbocycles. The summed E-state index contributed by atoms with van der Waals surface area (Å²) in [6.45, 7) is 3.00. The van der Waals surface area contributed by atoms with Crippen LogP contribution in [0.3, 0.4) is 0 Å². The summed E-state index contributed by atoms with van der Waals surface area (Å²) in [5.41, 5.74) is 5.83. The third kappa shape index (κ3) is 7.13. The molecule has 6 rings (SSSR count). The van der Waals surface area contributed by atoms with E-state index in [9.17, 15) is 18.3 Å². The van der Waals surface area contributed by atoms with Crippen molar-refractivity contribution in [2.75, 3.05) is 19.6 Å². The minimum atomic E-state index is -3.68. The number of piperidine rings is 1. The van der Waals surface area contributed by atoms with Crippen molar-refractivity contribution in [3.8, 4) is 0 Å².